The highest BCUT2D eigenvalue weighted by molar-refractivity contribution is 6.29. The topological polar surface area (TPSA) is 93.4 Å². The summed E-state index contributed by atoms with van der Waals surface area (Å²) in [6.07, 6.45) is 0.626. The van der Waals surface area contributed by atoms with Crippen LogP contribution >= 0.6 is 11.6 Å². The Labute approximate surface area is 103 Å². The lowest BCUT2D eigenvalue weighted by molar-refractivity contribution is 0.799. The number of hydrogen-bond donors (Lipinski definition) is 1. The Hall–Kier alpha value is -2.13. The van der Waals surface area contributed by atoms with Gasteiger partial charge < -0.3 is 5.73 Å². The molecule has 0 radical (unpaired) electrons. The zero-order chi connectivity index (χ0) is 12.4. The lowest BCUT2D eigenvalue weighted by atomic mass is 10.2. The van der Waals surface area contributed by atoms with E-state index in [4.69, 9.17) is 22.6 Å². The van der Waals surface area contributed by atoms with Crippen LogP contribution in [0.1, 0.15) is 18.2 Å². The molecule has 2 N–H and O–H groups in total. The molecule has 0 fully saturated rings. The van der Waals surface area contributed by atoms with Crippen molar-refractivity contribution < 1.29 is 0 Å². The summed E-state index contributed by atoms with van der Waals surface area (Å²) in [5.41, 5.74) is 6.86. The zero-order valence-electron chi connectivity index (χ0n) is 9.05. The molecule has 0 spiro atoms. The molecule has 2 aromatic heterocycles. The van der Waals surface area contributed by atoms with Crippen LogP contribution in [0.5, 0.6) is 0 Å². The van der Waals surface area contributed by atoms with E-state index in [2.05, 4.69) is 15.3 Å². The van der Waals surface area contributed by atoms with Gasteiger partial charge in [0.05, 0.1) is 5.69 Å². The van der Waals surface area contributed by atoms with Gasteiger partial charge in [0, 0.05) is 0 Å². The van der Waals surface area contributed by atoms with Crippen molar-refractivity contribution >= 4 is 17.4 Å². The van der Waals surface area contributed by atoms with Gasteiger partial charge in [-0.15, -0.1) is 10.2 Å². The Morgan fingerprint density at radius 1 is 1.47 bits per heavy atom. The van der Waals surface area contributed by atoms with Crippen LogP contribution in [0.3, 0.4) is 0 Å². The molecule has 0 atom stereocenters. The lowest BCUT2D eigenvalue weighted by Gasteiger charge is -2.00. The Bertz CT molecular complexity index is 580. The summed E-state index contributed by atoms with van der Waals surface area (Å²) in [4.78, 5) is 0. The van der Waals surface area contributed by atoms with Crippen molar-refractivity contribution in [1.82, 2.24) is 20.0 Å². The van der Waals surface area contributed by atoms with Crippen LogP contribution < -0.4 is 5.73 Å². The van der Waals surface area contributed by atoms with Crippen molar-refractivity contribution in [2.45, 2.75) is 13.3 Å². The molecule has 0 bridgehead atoms. The van der Waals surface area contributed by atoms with Crippen LogP contribution in [-0.2, 0) is 6.42 Å². The van der Waals surface area contributed by atoms with E-state index in [1.54, 1.807) is 12.1 Å². The van der Waals surface area contributed by atoms with E-state index in [0.717, 1.165) is 0 Å². The second-order valence-electron chi connectivity index (χ2n) is 3.30. The summed E-state index contributed by atoms with van der Waals surface area (Å²) in [6.45, 7) is 1.90. The summed E-state index contributed by atoms with van der Waals surface area (Å²) in [7, 11) is 0. The van der Waals surface area contributed by atoms with Gasteiger partial charge in [-0.25, -0.2) is 0 Å². The Balaban J connectivity index is 2.57. The molecule has 0 unspecified atom stereocenters. The number of aryl methyl sites for hydroxylation is 1. The van der Waals surface area contributed by atoms with Crippen LogP contribution in [0.25, 0.3) is 5.82 Å². The van der Waals surface area contributed by atoms with E-state index < -0.39 is 0 Å². The predicted molar refractivity (Wildman–Crippen MR) is 62.7 cm³/mol. The molecule has 2 heterocycles. The number of nitrogens with zero attached hydrogens (tertiary/aromatic N) is 5. The number of hydrogen-bond acceptors (Lipinski definition) is 5. The SMILES string of the molecule is CCc1nn(-c2ccc(Cl)nn2)c(N)c1C#N. The van der Waals surface area contributed by atoms with Crippen LogP contribution in [-0.4, -0.2) is 20.0 Å². The predicted octanol–water partition coefficient (Wildman–Crippen LogP) is 1.33. The standard InChI is InChI=1S/C10H9ClN6/c1-2-7-6(5-12)10(13)17(16-7)9-4-3-8(11)14-15-9/h3-4H,2,13H2,1H3. The van der Waals surface area contributed by atoms with E-state index >= 15 is 0 Å². The summed E-state index contributed by atoms with van der Waals surface area (Å²) in [5, 5.41) is 21.1. The van der Waals surface area contributed by atoms with E-state index in [0.29, 0.717) is 23.5 Å². The van der Waals surface area contributed by atoms with Crippen molar-refractivity contribution in [2.75, 3.05) is 5.73 Å². The third-order valence-electron chi connectivity index (χ3n) is 2.28. The molecular formula is C10H9ClN6. The molecule has 2 rings (SSSR count). The first-order valence-electron chi connectivity index (χ1n) is 4.94. The molecule has 0 aliphatic rings. The van der Waals surface area contributed by atoms with Crippen molar-refractivity contribution in [1.29, 1.82) is 5.26 Å². The molecule has 0 saturated heterocycles. The summed E-state index contributed by atoms with van der Waals surface area (Å²) >= 11 is 5.64. The fraction of sp³-hybridized carbons (Fsp3) is 0.200. The van der Waals surface area contributed by atoms with Gasteiger partial charge in [0.2, 0.25) is 0 Å². The number of nitriles is 1. The minimum atomic E-state index is 0.265. The number of nitrogens with two attached hydrogens (primary N) is 1. The second-order valence-corrected chi connectivity index (χ2v) is 3.69. The van der Waals surface area contributed by atoms with Crippen molar-refractivity contribution in [3.05, 3.63) is 28.5 Å². The first-order valence-corrected chi connectivity index (χ1v) is 5.32. The normalized spacial score (nSPS) is 10.2. The molecule has 0 aliphatic carbocycles. The lowest BCUT2D eigenvalue weighted by Crippen LogP contribution is -2.05. The van der Waals surface area contributed by atoms with Gasteiger partial charge in [-0.3, -0.25) is 0 Å². The fourth-order valence-electron chi connectivity index (χ4n) is 1.44. The average Bonchev–Trinajstić information content (AvgIpc) is 2.66. The molecule has 17 heavy (non-hydrogen) atoms. The number of rotatable bonds is 2. The van der Waals surface area contributed by atoms with Gasteiger partial charge in [-0.2, -0.15) is 15.0 Å². The van der Waals surface area contributed by atoms with Gasteiger partial charge in [0.25, 0.3) is 0 Å². The summed E-state index contributed by atoms with van der Waals surface area (Å²) in [6, 6.07) is 5.26. The maximum atomic E-state index is 8.99. The van der Waals surface area contributed by atoms with Crippen molar-refractivity contribution in [2.24, 2.45) is 0 Å². The van der Waals surface area contributed by atoms with Gasteiger partial charge in [-0.05, 0) is 18.6 Å². The molecule has 0 aliphatic heterocycles. The first kappa shape index (κ1) is 11.4. The maximum Gasteiger partial charge on any atom is 0.178 e. The zero-order valence-corrected chi connectivity index (χ0v) is 9.81. The molecule has 7 heteroatoms. The van der Waals surface area contributed by atoms with Crippen molar-refractivity contribution in [3.63, 3.8) is 0 Å². The van der Waals surface area contributed by atoms with Crippen LogP contribution in [0.4, 0.5) is 5.82 Å². The monoisotopic (exact) mass is 248 g/mol. The van der Waals surface area contributed by atoms with Gasteiger partial charge in [-0.1, -0.05) is 18.5 Å². The van der Waals surface area contributed by atoms with Crippen LogP contribution in [0.15, 0.2) is 12.1 Å². The minimum Gasteiger partial charge on any atom is -0.382 e. The summed E-state index contributed by atoms with van der Waals surface area (Å²) < 4.78 is 1.39. The van der Waals surface area contributed by atoms with Gasteiger partial charge in [0.1, 0.15) is 17.5 Å². The maximum absolute atomic E-state index is 8.99. The first-order chi connectivity index (χ1) is 8.17. The highest BCUT2D eigenvalue weighted by Gasteiger charge is 2.15. The second kappa shape index (κ2) is 4.39. The Kier molecular flexibility index (Phi) is 2.93. The average molecular weight is 249 g/mol. The molecule has 0 saturated carbocycles. The number of aromatic nitrogens is 4. The largest absolute Gasteiger partial charge is 0.382 e. The third kappa shape index (κ3) is 1.92. The molecule has 0 aromatic carbocycles. The highest BCUT2D eigenvalue weighted by atomic mass is 35.5. The Morgan fingerprint density at radius 3 is 2.71 bits per heavy atom. The highest BCUT2D eigenvalue weighted by Crippen LogP contribution is 2.19. The van der Waals surface area contributed by atoms with Crippen molar-refractivity contribution in [3.8, 4) is 11.9 Å². The van der Waals surface area contributed by atoms with Crippen LogP contribution in [0.2, 0.25) is 5.15 Å². The number of halogens is 1. The van der Waals surface area contributed by atoms with E-state index in [-0.39, 0.29) is 11.0 Å². The summed E-state index contributed by atoms with van der Waals surface area (Å²) in [5.74, 6) is 0.698. The minimum absolute atomic E-state index is 0.265. The van der Waals surface area contributed by atoms with Gasteiger partial charge in [0.15, 0.2) is 11.0 Å². The van der Waals surface area contributed by atoms with E-state index in [1.807, 2.05) is 13.0 Å². The molecule has 6 nitrogen and oxygen atoms in total. The third-order valence-corrected chi connectivity index (χ3v) is 2.48. The van der Waals surface area contributed by atoms with E-state index in [1.165, 1.54) is 4.68 Å². The fourth-order valence-corrected chi connectivity index (χ4v) is 1.54. The van der Waals surface area contributed by atoms with Crippen LogP contribution in [0, 0.1) is 11.3 Å². The molecule has 2 aromatic rings. The number of nitrogen functional groups attached to an aromatic ring is 1. The molecule has 86 valence electrons. The molecular weight excluding hydrogens is 240 g/mol. The van der Waals surface area contributed by atoms with Gasteiger partial charge >= 0.3 is 0 Å². The number of anilines is 1. The smallest absolute Gasteiger partial charge is 0.178 e. The van der Waals surface area contributed by atoms with E-state index in [9.17, 15) is 0 Å². The quantitative estimate of drug-likeness (QED) is 0.865. The Morgan fingerprint density at radius 2 is 2.24 bits per heavy atom. The molecule has 0 amide bonds.